The summed E-state index contributed by atoms with van der Waals surface area (Å²) >= 11 is 0. The van der Waals surface area contributed by atoms with Crippen molar-refractivity contribution in [3.8, 4) is 5.75 Å². The first-order chi connectivity index (χ1) is 10.8. The van der Waals surface area contributed by atoms with E-state index < -0.39 is 0 Å². The van der Waals surface area contributed by atoms with Crippen LogP contribution in [0.25, 0.3) is 0 Å². The van der Waals surface area contributed by atoms with Crippen molar-refractivity contribution in [2.75, 3.05) is 20.2 Å². The van der Waals surface area contributed by atoms with Crippen molar-refractivity contribution in [1.29, 1.82) is 0 Å². The summed E-state index contributed by atoms with van der Waals surface area (Å²) in [5.74, 6) is 1.72. The fraction of sp³-hybridized carbons (Fsp3) is 0.400. The second kappa shape index (κ2) is 7.46. The van der Waals surface area contributed by atoms with E-state index in [2.05, 4.69) is 53.4 Å². The molecule has 2 aromatic rings. The highest BCUT2D eigenvalue weighted by Gasteiger charge is 2.20. The van der Waals surface area contributed by atoms with Gasteiger partial charge < -0.3 is 4.74 Å². The minimum atomic E-state index is 0.754. The molecule has 0 N–H and O–H groups in total. The van der Waals surface area contributed by atoms with Crippen molar-refractivity contribution in [3.05, 3.63) is 65.7 Å². The average molecular weight is 295 g/mol. The third-order valence-electron chi connectivity index (χ3n) is 4.51. The van der Waals surface area contributed by atoms with E-state index in [0.29, 0.717) is 0 Å². The predicted octanol–water partition coefficient (Wildman–Crippen LogP) is 4.15. The topological polar surface area (TPSA) is 12.5 Å². The van der Waals surface area contributed by atoms with Gasteiger partial charge in [0.15, 0.2) is 0 Å². The Hall–Kier alpha value is -1.80. The van der Waals surface area contributed by atoms with Gasteiger partial charge in [-0.15, -0.1) is 0 Å². The second-order valence-corrected chi connectivity index (χ2v) is 6.28. The fourth-order valence-corrected chi connectivity index (χ4v) is 3.44. The molecule has 2 aromatic carbocycles. The molecular formula is C20H25NO. The molecule has 1 fully saturated rings. The third kappa shape index (κ3) is 4.11. The van der Waals surface area contributed by atoms with E-state index in [1.807, 2.05) is 6.07 Å². The van der Waals surface area contributed by atoms with Gasteiger partial charge in [0.2, 0.25) is 0 Å². The molecule has 1 unspecified atom stereocenters. The summed E-state index contributed by atoms with van der Waals surface area (Å²) in [6, 6.07) is 19.3. The van der Waals surface area contributed by atoms with Crippen molar-refractivity contribution in [1.82, 2.24) is 4.90 Å². The van der Waals surface area contributed by atoms with E-state index in [-0.39, 0.29) is 0 Å². The molecule has 3 rings (SSSR count). The summed E-state index contributed by atoms with van der Waals surface area (Å²) in [5, 5.41) is 0. The molecule has 2 nitrogen and oxygen atoms in total. The van der Waals surface area contributed by atoms with Crippen molar-refractivity contribution in [2.24, 2.45) is 5.92 Å². The standard InChI is InChI=1S/C20H25NO/c1-22-20-11-5-9-18(14-20)13-19-10-6-12-21(16-19)15-17-7-3-2-4-8-17/h2-5,7-9,11,14,19H,6,10,12-13,15-16H2,1H3. The van der Waals surface area contributed by atoms with Crippen molar-refractivity contribution in [3.63, 3.8) is 0 Å². The zero-order valence-electron chi connectivity index (χ0n) is 13.4. The van der Waals surface area contributed by atoms with Crippen molar-refractivity contribution >= 4 is 0 Å². The fourth-order valence-electron chi connectivity index (χ4n) is 3.44. The molecular weight excluding hydrogens is 270 g/mol. The van der Waals surface area contributed by atoms with Crippen LogP contribution in [0.2, 0.25) is 0 Å². The van der Waals surface area contributed by atoms with Gasteiger partial charge in [-0.05, 0) is 55.0 Å². The first kappa shape index (κ1) is 15.1. The quantitative estimate of drug-likeness (QED) is 0.821. The van der Waals surface area contributed by atoms with E-state index in [9.17, 15) is 0 Å². The first-order valence-electron chi connectivity index (χ1n) is 8.22. The number of methoxy groups -OCH3 is 1. The second-order valence-electron chi connectivity index (χ2n) is 6.28. The van der Waals surface area contributed by atoms with Crippen LogP contribution in [-0.2, 0) is 13.0 Å². The minimum Gasteiger partial charge on any atom is -0.497 e. The normalized spacial score (nSPS) is 19.0. The summed E-state index contributed by atoms with van der Waals surface area (Å²) < 4.78 is 5.33. The Morgan fingerprint density at radius 2 is 1.86 bits per heavy atom. The molecule has 0 radical (unpaired) electrons. The van der Waals surface area contributed by atoms with E-state index in [0.717, 1.165) is 24.6 Å². The first-order valence-corrected chi connectivity index (χ1v) is 8.22. The summed E-state index contributed by atoms with van der Waals surface area (Å²) in [4.78, 5) is 2.60. The molecule has 1 saturated heterocycles. The van der Waals surface area contributed by atoms with Crippen LogP contribution < -0.4 is 4.74 Å². The van der Waals surface area contributed by atoms with Gasteiger partial charge in [-0.25, -0.2) is 0 Å². The average Bonchev–Trinajstić information content (AvgIpc) is 2.56. The summed E-state index contributed by atoms with van der Waals surface area (Å²) in [5.41, 5.74) is 2.82. The van der Waals surface area contributed by atoms with Crippen molar-refractivity contribution < 1.29 is 4.74 Å². The number of nitrogens with zero attached hydrogens (tertiary/aromatic N) is 1. The van der Waals surface area contributed by atoms with E-state index in [1.165, 1.54) is 37.1 Å². The Morgan fingerprint density at radius 1 is 1.05 bits per heavy atom. The third-order valence-corrected chi connectivity index (χ3v) is 4.51. The zero-order valence-corrected chi connectivity index (χ0v) is 13.4. The molecule has 1 aliphatic heterocycles. The Morgan fingerprint density at radius 3 is 2.68 bits per heavy atom. The highest BCUT2D eigenvalue weighted by atomic mass is 16.5. The molecule has 2 heteroatoms. The Balaban J connectivity index is 1.58. The van der Waals surface area contributed by atoms with Crippen LogP contribution >= 0.6 is 0 Å². The monoisotopic (exact) mass is 295 g/mol. The smallest absolute Gasteiger partial charge is 0.119 e. The van der Waals surface area contributed by atoms with Gasteiger partial charge >= 0.3 is 0 Å². The zero-order chi connectivity index (χ0) is 15.2. The summed E-state index contributed by atoms with van der Waals surface area (Å²) in [6.45, 7) is 3.51. The van der Waals surface area contributed by atoms with Crippen LogP contribution in [0.3, 0.4) is 0 Å². The Kier molecular flexibility index (Phi) is 5.12. The van der Waals surface area contributed by atoms with Crippen LogP contribution in [0.1, 0.15) is 24.0 Å². The number of piperidine rings is 1. The maximum Gasteiger partial charge on any atom is 0.119 e. The molecule has 116 valence electrons. The minimum absolute atomic E-state index is 0.754. The lowest BCUT2D eigenvalue weighted by Gasteiger charge is -2.33. The highest BCUT2D eigenvalue weighted by Crippen LogP contribution is 2.23. The van der Waals surface area contributed by atoms with Gasteiger partial charge in [0.05, 0.1) is 7.11 Å². The highest BCUT2D eigenvalue weighted by molar-refractivity contribution is 5.28. The van der Waals surface area contributed by atoms with Gasteiger partial charge in [-0.2, -0.15) is 0 Å². The molecule has 0 aromatic heterocycles. The number of ether oxygens (including phenoxy) is 1. The van der Waals surface area contributed by atoms with Gasteiger partial charge in [0.1, 0.15) is 5.75 Å². The van der Waals surface area contributed by atoms with Crippen LogP contribution in [0.4, 0.5) is 0 Å². The van der Waals surface area contributed by atoms with Gasteiger partial charge in [0, 0.05) is 13.1 Å². The molecule has 0 spiro atoms. The lowest BCUT2D eigenvalue weighted by Crippen LogP contribution is -2.35. The lowest BCUT2D eigenvalue weighted by molar-refractivity contribution is 0.167. The van der Waals surface area contributed by atoms with Gasteiger partial charge in [-0.1, -0.05) is 42.5 Å². The number of hydrogen-bond donors (Lipinski definition) is 0. The molecule has 1 atom stereocenters. The Labute approximate surface area is 133 Å². The summed E-state index contributed by atoms with van der Waals surface area (Å²) in [6.07, 6.45) is 3.80. The molecule has 0 amide bonds. The number of hydrogen-bond acceptors (Lipinski definition) is 2. The van der Waals surface area contributed by atoms with E-state index >= 15 is 0 Å². The SMILES string of the molecule is COc1cccc(CC2CCCN(Cc3ccccc3)C2)c1. The number of likely N-dealkylation sites (tertiary alicyclic amines) is 1. The lowest BCUT2D eigenvalue weighted by atomic mass is 9.91. The maximum absolute atomic E-state index is 5.33. The number of benzene rings is 2. The molecule has 0 bridgehead atoms. The van der Waals surface area contributed by atoms with E-state index in [4.69, 9.17) is 4.74 Å². The van der Waals surface area contributed by atoms with Gasteiger partial charge in [0.25, 0.3) is 0 Å². The van der Waals surface area contributed by atoms with Crippen molar-refractivity contribution in [2.45, 2.75) is 25.8 Å². The van der Waals surface area contributed by atoms with Crippen LogP contribution in [0, 0.1) is 5.92 Å². The number of rotatable bonds is 5. The summed E-state index contributed by atoms with van der Waals surface area (Å²) in [7, 11) is 1.74. The molecule has 1 aliphatic rings. The molecule has 0 aliphatic carbocycles. The maximum atomic E-state index is 5.33. The van der Waals surface area contributed by atoms with Crippen LogP contribution in [0.5, 0.6) is 5.75 Å². The molecule has 22 heavy (non-hydrogen) atoms. The predicted molar refractivity (Wildman–Crippen MR) is 91.1 cm³/mol. The van der Waals surface area contributed by atoms with Gasteiger partial charge in [-0.3, -0.25) is 4.90 Å². The molecule has 1 heterocycles. The Bertz CT molecular complexity index is 581. The largest absolute Gasteiger partial charge is 0.497 e. The van der Waals surface area contributed by atoms with Crippen LogP contribution in [-0.4, -0.2) is 25.1 Å². The van der Waals surface area contributed by atoms with Crippen LogP contribution in [0.15, 0.2) is 54.6 Å². The molecule has 0 saturated carbocycles. The van der Waals surface area contributed by atoms with E-state index in [1.54, 1.807) is 7.11 Å².